The fraction of sp³-hybridized carbons (Fsp3) is 0.857. The maximum atomic E-state index is 11.4. The first kappa shape index (κ1) is 7.38. The van der Waals surface area contributed by atoms with Crippen LogP contribution in [-0.2, 0) is 4.79 Å². The van der Waals surface area contributed by atoms with E-state index in [1.165, 1.54) is 0 Å². The number of ketones is 1. The summed E-state index contributed by atoms with van der Waals surface area (Å²) in [4.78, 5) is 11.4. The smallest absolute Gasteiger partial charge is 0.190 e. The summed E-state index contributed by atoms with van der Waals surface area (Å²) >= 11 is 0. The van der Waals surface area contributed by atoms with Crippen LogP contribution < -0.4 is 0 Å². The van der Waals surface area contributed by atoms with E-state index < -0.39 is 11.1 Å². The van der Waals surface area contributed by atoms with Gasteiger partial charge in [-0.25, -0.2) is 0 Å². The predicted molar refractivity (Wildman–Crippen MR) is 38.0 cm³/mol. The lowest BCUT2D eigenvalue weighted by molar-refractivity contribution is -0.125. The highest BCUT2D eigenvalue weighted by atomic mass is 16.1. The van der Waals surface area contributed by atoms with Crippen molar-refractivity contribution in [2.75, 3.05) is 0 Å². The maximum absolute atomic E-state index is 11.4. The molecule has 0 aromatic rings. The normalized spacial score (nSPS) is 27.4. The van der Waals surface area contributed by atoms with E-state index in [-0.39, 0.29) is 5.78 Å². The van der Waals surface area contributed by atoms with Gasteiger partial charge >= 0.3 is 0 Å². The van der Waals surface area contributed by atoms with E-state index in [1.54, 1.807) is 27.7 Å². The lowest BCUT2D eigenvalue weighted by Gasteiger charge is -2.15. The van der Waals surface area contributed by atoms with Gasteiger partial charge in [0.05, 0.1) is 0 Å². The molecule has 0 spiro atoms. The third-order valence-corrected chi connectivity index (χ3v) is 1.66. The fourth-order valence-electron chi connectivity index (χ4n) is 1.09. The topological polar surface area (TPSA) is 41.8 Å². The number of carbonyl (C=O) groups is 1. The van der Waals surface area contributed by atoms with Gasteiger partial charge < -0.3 is 0 Å². The summed E-state index contributed by atoms with van der Waals surface area (Å²) < 4.78 is 0. The van der Waals surface area contributed by atoms with Gasteiger partial charge in [-0.2, -0.15) is 10.2 Å². The van der Waals surface area contributed by atoms with E-state index in [4.69, 9.17) is 0 Å². The van der Waals surface area contributed by atoms with Crippen molar-refractivity contribution in [3.63, 3.8) is 0 Å². The Hall–Kier alpha value is -0.730. The van der Waals surface area contributed by atoms with Crippen molar-refractivity contribution < 1.29 is 4.79 Å². The molecule has 0 unspecified atom stereocenters. The van der Waals surface area contributed by atoms with Crippen LogP contribution in [0.4, 0.5) is 0 Å². The zero-order valence-electron chi connectivity index (χ0n) is 6.80. The molecule has 0 radical (unpaired) electrons. The van der Waals surface area contributed by atoms with Crippen molar-refractivity contribution in [2.24, 2.45) is 10.2 Å². The summed E-state index contributed by atoms with van der Waals surface area (Å²) in [7, 11) is 0. The Bertz CT molecular complexity index is 184. The molecule has 10 heavy (non-hydrogen) atoms. The second-order valence-electron chi connectivity index (χ2n) is 3.65. The third kappa shape index (κ3) is 0.856. The highest BCUT2D eigenvalue weighted by molar-refractivity contribution is 5.96. The minimum Gasteiger partial charge on any atom is -0.294 e. The van der Waals surface area contributed by atoms with Crippen LogP contribution in [0, 0.1) is 0 Å². The number of azo groups is 1. The van der Waals surface area contributed by atoms with Crippen LogP contribution in [0.1, 0.15) is 27.7 Å². The summed E-state index contributed by atoms with van der Waals surface area (Å²) in [6, 6.07) is 0. The Balaban J connectivity index is 3.00. The number of Topliss-reactive ketones (excluding diaryl/α,β-unsaturated/α-hetero) is 1. The molecular weight excluding hydrogens is 128 g/mol. The number of hydrogen-bond donors (Lipinski definition) is 0. The summed E-state index contributed by atoms with van der Waals surface area (Å²) in [6.07, 6.45) is 0. The molecule has 56 valence electrons. The van der Waals surface area contributed by atoms with Gasteiger partial charge in [-0.15, -0.1) is 0 Å². The zero-order valence-corrected chi connectivity index (χ0v) is 6.80. The van der Waals surface area contributed by atoms with E-state index in [0.717, 1.165) is 0 Å². The summed E-state index contributed by atoms with van der Waals surface area (Å²) in [6.45, 7) is 7.14. The Morgan fingerprint density at radius 1 is 1.00 bits per heavy atom. The number of hydrogen-bond acceptors (Lipinski definition) is 3. The molecule has 1 rings (SSSR count). The van der Waals surface area contributed by atoms with Gasteiger partial charge in [0.1, 0.15) is 11.1 Å². The molecule has 1 aliphatic rings. The molecule has 0 saturated heterocycles. The predicted octanol–water partition coefficient (Wildman–Crippen LogP) is 1.58. The van der Waals surface area contributed by atoms with Crippen LogP contribution in [-0.4, -0.2) is 16.9 Å². The van der Waals surface area contributed by atoms with Crippen molar-refractivity contribution >= 4 is 5.78 Å². The van der Waals surface area contributed by atoms with Gasteiger partial charge in [0, 0.05) is 0 Å². The van der Waals surface area contributed by atoms with Gasteiger partial charge in [-0.1, -0.05) is 0 Å². The second kappa shape index (κ2) is 1.65. The first-order chi connectivity index (χ1) is 4.36. The maximum Gasteiger partial charge on any atom is 0.190 e. The molecule has 0 aromatic heterocycles. The quantitative estimate of drug-likeness (QED) is 0.503. The summed E-state index contributed by atoms with van der Waals surface area (Å²) in [5.74, 6) is 0.0972. The molecule has 3 nitrogen and oxygen atoms in total. The van der Waals surface area contributed by atoms with Crippen molar-refractivity contribution in [1.29, 1.82) is 0 Å². The van der Waals surface area contributed by atoms with Gasteiger partial charge in [0.25, 0.3) is 0 Å². The van der Waals surface area contributed by atoms with Gasteiger partial charge in [0.2, 0.25) is 0 Å². The molecule has 1 aliphatic heterocycles. The first-order valence-corrected chi connectivity index (χ1v) is 3.35. The van der Waals surface area contributed by atoms with Crippen molar-refractivity contribution in [3.05, 3.63) is 0 Å². The van der Waals surface area contributed by atoms with E-state index in [1.807, 2.05) is 0 Å². The highest BCUT2D eigenvalue weighted by Gasteiger charge is 2.44. The van der Waals surface area contributed by atoms with Gasteiger partial charge in [-0.3, -0.25) is 4.79 Å². The minimum atomic E-state index is -0.594. The van der Waals surface area contributed by atoms with Crippen LogP contribution in [0.25, 0.3) is 0 Å². The number of carbonyl (C=O) groups excluding carboxylic acids is 1. The molecule has 0 atom stereocenters. The van der Waals surface area contributed by atoms with Crippen LogP contribution in [0.5, 0.6) is 0 Å². The van der Waals surface area contributed by atoms with E-state index in [0.29, 0.717) is 0 Å². The standard InChI is InChI=1S/C7H12N2O/c1-6(2)5(10)7(3,4)9-8-6/h1-4H3. The molecule has 0 saturated carbocycles. The Morgan fingerprint density at radius 2 is 1.30 bits per heavy atom. The third-order valence-electron chi connectivity index (χ3n) is 1.66. The van der Waals surface area contributed by atoms with Crippen LogP contribution in [0.2, 0.25) is 0 Å². The average molecular weight is 140 g/mol. The molecule has 0 aliphatic carbocycles. The Labute approximate surface area is 60.5 Å². The fourth-order valence-corrected chi connectivity index (χ4v) is 1.09. The number of nitrogens with zero attached hydrogens (tertiary/aromatic N) is 2. The molecule has 0 aromatic carbocycles. The Kier molecular flexibility index (Phi) is 1.22. The highest BCUT2D eigenvalue weighted by Crippen LogP contribution is 2.29. The summed E-state index contributed by atoms with van der Waals surface area (Å²) in [5.41, 5.74) is -1.19. The monoisotopic (exact) mass is 140 g/mol. The van der Waals surface area contributed by atoms with Gasteiger partial charge in [0.15, 0.2) is 5.78 Å². The van der Waals surface area contributed by atoms with Crippen molar-refractivity contribution in [3.8, 4) is 0 Å². The molecule has 0 fully saturated rings. The van der Waals surface area contributed by atoms with Gasteiger partial charge in [-0.05, 0) is 27.7 Å². The Morgan fingerprint density at radius 3 is 1.40 bits per heavy atom. The molecular formula is C7H12N2O. The van der Waals surface area contributed by atoms with Crippen LogP contribution in [0.15, 0.2) is 10.2 Å². The van der Waals surface area contributed by atoms with E-state index in [2.05, 4.69) is 10.2 Å². The molecule has 3 heteroatoms. The second-order valence-corrected chi connectivity index (χ2v) is 3.65. The van der Waals surface area contributed by atoms with Crippen LogP contribution >= 0.6 is 0 Å². The largest absolute Gasteiger partial charge is 0.294 e. The van der Waals surface area contributed by atoms with Crippen LogP contribution in [0.3, 0.4) is 0 Å². The lowest BCUT2D eigenvalue weighted by atomic mass is 9.89. The summed E-state index contributed by atoms with van der Waals surface area (Å²) in [5, 5.41) is 7.75. The average Bonchev–Trinajstić information content (AvgIpc) is 1.95. The molecule has 0 N–H and O–H groups in total. The SMILES string of the molecule is CC1(C)N=NC(C)(C)C1=O. The van der Waals surface area contributed by atoms with Crippen molar-refractivity contribution in [1.82, 2.24) is 0 Å². The van der Waals surface area contributed by atoms with E-state index >= 15 is 0 Å². The van der Waals surface area contributed by atoms with Crippen molar-refractivity contribution in [2.45, 2.75) is 38.8 Å². The van der Waals surface area contributed by atoms with E-state index in [9.17, 15) is 4.79 Å². The number of rotatable bonds is 0. The molecule has 1 heterocycles. The molecule has 0 amide bonds. The zero-order chi connectivity index (χ0) is 7.99. The lowest BCUT2D eigenvalue weighted by Crippen LogP contribution is -2.37. The first-order valence-electron chi connectivity index (χ1n) is 3.35. The minimum absolute atomic E-state index is 0.0972. The molecule has 0 bridgehead atoms.